The van der Waals surface area contributed by atoms with Crippen LogP contribution in [0.4, 0.5) is 0 Å². The summed E-state index contributed by atoms with van der Waals surface area (Å²) in [7, 11) is 2.13. The summed E-state index contributed by atoms with van der Waals surface area (Å²) in [6.45, 7) is 10.0. The van der Waals surface area contributed by atoms with E-state index in [-0.39, 0.29) is 0 Å². The second-order valence-corrected chi connectivity index (χ2v) is 7.47. The molecule has 0 bridgehead atoms. The van der Waals surface area contributed by atoms with Crippen LogP contribution >= 0.6 is 0 Å². The number of nitrogens with one attached hydrogen (secondary N) is 1. The SMILES string of the molecule is CNCC1(CN2CCC(C(C)C)C2)CCCCCC1. The molecule has 0 radical (unpaired) electrons. The Balaban J connectivity index is 1.92. The quantitative estimate of drug-likeness (QED) is 0.766. The molecule has 2 aliphatic rings. The van der Waals surface area contributed by atoms with Gasteiger partial charge in [-0.1, -0.05) is 39.5 Å². The Labute approximate surface area is 120 Å². The highest BCUT2D eigenvalue weighted by Gasteiger charge is 2.35. The first-order chi connectivity index (χ1) is 9.15. The number of hydrogen-bond donors (Lipinski definition) is 1. The summed E-state index contributed by atoms with van der Waals surface area (Å²) in [6, 6.07) is 0. The van der Waals surface area contributed by atoms with Crippen LogP contribution in [0.15, 0.2) is 0 Å². The zero-order valence-corrected chi connectivity index (χ0v) is 13.4. The van der Waals surface area contributed by atoms with Gasteiger partial charge in [-0.15, -0.1) is 0 Å². The fraction of sp³-hybridized carbons (Fsp3) is 1.00. The molecule has 0 amide bonds. The second-order valence-electron chi connectivity index (χ2n) is 7.47. The van der Waals surface area contributed by atoms with Gasteiger partial charge in [-0.05, 0) is 50.1 Å². The van der Waals surface area contributed by atoms with E-state index in [1.54, 1.807) is 0 Å². The lowest BCUT2D eigenvalue weighted by atomic mass is 9.79. The summed E-state index contributed by atoms with van der Waals surface area (Å²) in [5.74, 6) is 1.80. The second kappa shape index (κ2) is 7.08. The molecule has 19 heavy (non-hydrogen) atoms. The Morgan fingerprint density at radius 3 is 2.37 bits per heavy atom. The molecule has 0 aromatic carbocycles. The summed E-state index contributed by atoms with van der Waals surface area (Å²) in [5, 5.41) is 3.49. The van der Waals surface area contributed by atoms with E-state index in [0.29, 0.717) is 5.41 Å². The molecule has 1 aliphatic carbocycles. The molecule has 0 aromatic heterocycles. The van der Waals surface area contributed by atoms with Crippen molar-refractivity contribution in [3.05, 3.63) is 0 Å². The minimum absolute atomic E-state index is 0.567. The summed E-state index contributed by atoms with van der Waals surface area (Å²) >= 11 is 0. The van der Waals surface area contributed by atoms with Crippen LogP contribution in [0.25, 0.3) is 0 Å². The summed E-state index contributed by atoms with van der Waals surface area (Å²) < 4.78 is 0. The lowest BCUT2D eigenvalue weighted by Crippen LogP contribution is -2.42. The first kappa shape index (κ1) is 15.3. The third-order valence-electron chi connectivity index (χ3n) is 5.53. The number of likely N-dealkylation sites (tertiary alicyclic amines) is 1. The summed E-state index contributed by atoms with van der Waals surface area (Å²) in [6.07, 6.45) is 10.1. The first-order valence-electron chi connectivity index (χ1n) is 8.52. The van der Waals surface area contributed by atoms with E-state index in [4.69, 9.17) is 0 Å². The van der Waals surface area contributed by atoms with E-state index in [1.165, 1.54) is 71.1 Å². The number of rotatable bonds is 5. The van der Waals surface area contributed by atoms with Crippen molar-refractivity contribution < 1.29 is 0 Å². The Morgan fingerprint density at radius 2 is 1.84 bits per heavy atom. The van der Waals surface area contributed by atoms with Crippen LogP contribution in [0.3, 0.4) is 0 Å². The fourth-order valence-electron chi connectivity index (χ4n) is 4.27. The largest absolute Gasteiger partial charge is 0.319 e. The molecule has 1 unspecified atom stereocenters. The Hall–Kier alpha value is -0.0800. The maximum absolute atomic E-state index is 3.49. The molecular weight excluding hydrogens is 232 g/mol. The van der Waals surface area contributed by atoms with Crippen molar-refractivity contribution in [2.45, 2.75) is 58.8 Å². The van der Waals surface area contributed by atoms with Crippen molar-refractivity contribution >= 4 is 0 Å². The molecule has 1 aliphatic heterocycles. The van der Waals surface area contributed by atoms with Crippen LogP contribution in [0, 0.1) is 17.3 Å². The average Bonchev–Trinajstić information content (AvgIpc) is 2.71. The Morgan fingerprint density at radius 1 is 1.16 bits per heavy atom. The highest BCUT2D eigenvalue weighted by atomic mass is 15.2. The van der Waals surface area contributed by atoms with E-state index in [0.717, 1.165) is 11.8 Å². The molecule has 1 atom stereocenters. The van der Waals surface area contributed by atoms with Crippen LogP contribution < -0.4 is 5.32 Å². The predicted octanol–water partition coefficient (Wildman–Crippen LogP) is 3.52. The van der Waals surface area contributed by atoms with Crippen molar-refractivity contribution in [1.82, 2.24) is 10.2 Å². The molecule has 1 heterocycles. The molecule has 2 rings (SSSR count). The van der Waals surface area contributed by atoms with Gasteiger partial charge in [0.2, 0.25) is 0 Å². The van der Waals surface area contributed by atoms with Gasteiger partial charge in [-0.3, -0.25) is 0 Å². The molecule has 2 nitrogen and oxygen atoms in total. The van der Waals surface area contributed by atoms with Gasteiger partial charge in [-0.25, -0.2) is 0 Å². The van der Waals surface area contributed by atoms with Crippen LogP contribution in [-0.4, -0.2) is 38.1 Å². The van der Waals surface area contributed by atoms with E-state index in [2.05, 4.69) is 31.1 Å². The fourth-order valence-corrected chi connectivity index (χ4v) is 4.27. The standard InChI is InChI=1S/C17H34N2/c1-15(2)16-8-11-19(12-16)14-17(13-18-3)9-6-4-5-7-10-17/h15-16,18H,4-14H2,1-3H3. The smallest absolute Gasteiger partial charge is 0.00503 e. The summed E-state index contributed by atoms with van der Waals surface area (Å²) in [5.41, 5.74) is 0.567. The van der Waals surface area contributed by atoms with Crippen LogP contribution in [0.2, 0.25) is 0 Å². The monoisotopic (exact) mass is 266 g/mol. The van der Waals surface area contributed by atoms with Gasteiger partial charge < -0.3 is 10.2 Å². The summed E-state index contributed by atoms with van der Waals surface area (Å²) in [4.78, 5) is 2.77. The van der Waals surface area contributed by atoms with Crippen molar-refractivity contribution in [3.63, 3.8) is 0 Å². The topological polar surface area (TPSA) is 15.3 Å². The Bertz CT molecular complexity index is 254. The minimum atomic E-state index is 0.567. The molecule has 1 saturated heterocycles. The average molecular weight is 266 g/mol. The van der Waals surface area contributed by atoms with Crippen molar-refractivity contribution in [1.29, 1.82) is 0 Å². The third-order valence-corrected chi connectivity index (χ3v) is 5.53. The van der Waals surface area contributed by atoms with Crippen LogP contribution in [0.5, 0.6) is 0 Å². The van der Waals surface area contributed by atoms with E-state index < -0.39 is 0 Å². The van der Waals surface area contributed by atoms with Gasteiger partial charge in [0.15, 0.2) is 0 Å². The third kappa shape index (κ3) is 4.19. The Kier molecular flexibility index (Phi) is 5.70. The highest BCUT2D eigenvalue weighted by molar-refractivity contribution is 4.89. The maximum atomic E-state index is 3.49. The van der Waals surface area contributed by atoms with Gasteiger partial charge in [0.1, 0.15) is 0 Å². The van der Waals surface area contributed by atoms with E-state index in [1.807, 2.05) is 0 Å². The molecule has 2 heteroatoms. The zero-order valence-electron chi connectivity index (χ0n) is 13.4. The van der Waals surface area contributed by atoms with Crippen molar-refractivity contribution in [2.24, 2.45) is 17.3 Å². The zero-order chi connectivity index (χ0) is 13.7. The van der Waals surface area contributed by atoms with Gasteiger partial charge in [0.05, 0.1) is 0 Å². The molecule has 1 saturated carbocycles. The maximum Gasteiger partial charge on any atom is 0.00503 e. The normalized spacial score (nSPS) is 28.7. The molecule has 0 spiro atoms. The molecular formula is C17H34N2. The lowest BCUT2D eigenvalue weighted by Gasteiger charge is -2.37. The molecule has 112 valence electrons. The molecule has 1 N–H and O–H groups in total. The molecule has 2 fully saturated rings. The van der Waals surface area contributed by atoms with Crippen LogP contribution in [0.1, 0.15) is 58.8 Å². The van der Waals surface area contributed by atoms with Crippen molar-refractivity contribution in [2.75, 3.05) is 33.2 Å². The van der Waals surface area contributed by atoms with Crippen molar-refractivity contribution in [3.8, 4) is 0 Å². The molecule has 0 aromatic rings. The highest BCUT2D eigenvalue weighted by Crippen LogP contribution is 2.37. The number of nitrogens with zero attached hydrogens (tertiary/aromatic N) is 1. The van der Waals surface area contributed by atoms with E-state index >= 15 is 0 Å². The van der Waals surface area contributed by atoms with Gasteiger partial charge in [-0.2, -0.15) is 0 Å². The lowest BCUT2D eigenvalue weighted by molar-refractivity contribution is 0.142. The van der Waals surface area contributed by atoms with E-state index in [9.17, 15) is 0 Å². The first-order valence-corrected chi connectivity index (χ1v) is 8.52. The number of hydrogen-bond acceptors (Lipinski definition) is 2. The van der Waals surface area contributed by atoms with Gasteiger partial charge in [0, 0.05) is 19.6 Å². The van der Waals surface area contributed by atoms with Gasteiger partial charge >= 0.3 is 0 Å². The van der Waals surface area contributed by atoms with Gasteiger partial charge in [0.25, 0.3) is 0 Å². The predicted molar refractivity (Wildman–Crippen MR) is 83.4 cm³/mol. The minimum Gasteiger partial charge on any atom is -0.319 e. The van der Waals surface area contributed by atoms with Crippen LogP contribution in [-0.2, 0) is 0 Å².